The molecule has 0 N–H and O–H groups in total. The summed E-state index contributed by atoms with van der Waals surface area (Å²) >= 11 is 0. The first-order chi connectivity index (χ1) is 9.24. The first kappa shape index (κ1) is 19.2. The molecule has 0 aliphatic heterocycles. The number of rotatable bonds is 14. The Labute approximate surface area is 124 Å². The summed E-state index contributed by atoms with van der Waals surface area (Å²) < 4.78 is 0. The van der Waals surface area contributed by atoms with E-state index in [4.69, 9.17) is 0 Å². The van der Waals surface area contributed by atoms with Gasteiger partial charge in [-0.25, -0.2) is 0 Å². The normalized spacial score (nSPS) is 12.0. The summed E-state index contributed by atoms with van der Waals surface area (Å²) in [7, 11) is -0.908. The van der Waals surface area contributed by atoms with Crippen molar-refractivity contribution in [1.29, 1.82) is 0 Å². The van der Waals surface area contributed by atoms with Gasteiger partial charge in [0.1, 0.15) is 0 Å². The first-order valence-corrected chi connectivity index (χ1v) is 12.1. The van der Waals surface area contributed by atoms with Crippen molar-refractivity contribution in [2.75, 3.05) is 0 Å². The highest BCUT2D eigenvalue weighted by atomic mass is 28.3. The van der Waals surface area contributed by atoms with E-state index in [1.54, 1.807) is 24.2 Å². The van der Waals surface area contributed by atoms with Crippen molar-refractivity contribution >= 4 is 8.07 Å². The standard InChI is InChI=1S/C18H40Si/c1-5-9-13-14-18-19(15-10-6-2,16-11-7-3)17-12-8-4/h5-18H2,1-4H3. The summed E-state index contributed by atoms with van der Waals surface area (Å²) in [6, 6.07) is 6.55. The van der Waals surface area contributed by atoms with Crippen LogP contribution in [-0.4, -0.2) is 8.07 Å². The summed E-state index contributed by atoms with van der Waals surface area (Å²) in [6.45, 7) is 9.44. The fourth-order valence-electron chi connectivity index (χ4n) is 3.33. The lowest BCUT2D eigenvalue weighted by molar-refractivity contribution is 0.684. The fraction of sp³-hybridized carbons (Fsp3) is 1.00. The Balaban J connectivity index is 4.38. The number of hydrogen-bond donors (Lipinski definition) is 0. The van der Waals surface area contributed by atoms with E-state index >= 15 is 0 Å². The average molecular weight is 285 g/mol. The van der Waals surface area contributed by atoms with E-state index < -0.39 is 8.07 Å². The van der Waals surface area contributed by atoms with Gasteiger partial charge in [-0.05, 0) is 0 Å². The van der Waals surface area contributed by atoms with Crippen molar-refractivity contribution in [2.45, 2.75) is 116 Å². The molecule has 19 heavy (non-hydrogen) atoms. The zero-order valence-corrected chi connectivity index (χ0v) is 15.4. The van der Waals surface area contributed by atoms with E-state index in [0.717, 1.165) is 0 Å². The fourth-order valence-corrected chi connectivity index (χ4v) is 9.14. The zero-order valence-electron chi connectivity index (χ0n) is 14.4. The minimum absolute atomic E-state index is 0.908. The van der Waals surface area contributed by atoms with Gasteiger partial charge in [-0.1, -0.05) is 116 Å². The highest BCUT2D eigenvalue weighted by Crippen LogP contribution is 2.33. The average Bonchev–Trinajstić information content (AvgIpc) is 2.44. The SMILES string of the molecule is CCCCCC[Si](CCCC)(CCCC)CCCC. The van der Waals surface area contributed by atoms with Crippen LogP contribution >= 0.6 is 0 Å². The van der Waals surface area contributed by atoms with Gasteiger partial charge < -0.3 is 0 Å². The molecule has 0 spiro atoms. The van der Waals surface area contributed by atoms with E-state index in [0.29, 0.717) is 0 Å². The summed E-state index contributed by atoms with van der Waals surface area (Å²) in [5, 5.41) is 0. The smallest absolute Gasteiger partial charge is 0.0535 e. The van der Waals surface area contributed by atoms with Crippen LogP contribution in [0.3, 0.4) is 0 Å². The van der Waals surface area contributed by atoms with Crippen molar-refractivity contribution in [1.82, 2.24) is 0 Å². The molecule has 0 saturated heterocycles. The lowest BCUT2D eigenvalue weighted by atomic mass is 10.2. The third-order valence-corrected chi connectivity index (χ3v) is 10.4. The molecule has 0 atom stereocenters. The predicted molar refractivity (Wildman–Crippen MR) is 93.8 cm³/mol. The molecule has 0 nitrogen and oxygen atoms in total. The summed E-state index contributed by atoms with van der Waals surface area (Å²) in [4.78, 5) is 0. The predicted octanol–water partition coefficient (Wildman–Crippen LogP) is 7.42. The molecular formula is C18H40Si. The van der Waals surface area contributed by atoms with Crippen LogP contribution in [-0.2, 0) is 0 Å². The maximum absolute atomic E-state index is 2.37. The van der Waals surface area contributed by atoms with Crippen molar-refractivity contribution < 1.29 is 0 Å². The van der Waals surface area contributed by atoms with Crippen LogP contribution in [0.2, 0.25) is 24.2 Å². The van der Waals surface area contributed by atoms with Gasteiger partial charge in [0.25, 0.3) is 0 Å². The van der Waals surface area contributed by atoms with Crippen molar-refractivity contribution in [3.05, 3.63) is 0 Å². The molecule has 0 aromatic carbocycles. The molecule has 0 aliphatic carbocycles. The van der Waals surface area contributed by atoms with Gasteiger partial charge in [0.05, 0.1) is 8.07 Å². The number of hydrogen-bond acceptors (Lipinski definition) is 0. The second-order valence-electron chi connectivity index (χ2n) is 6.62. The second-order valence-corrected chi connectivity index (χ2v) is 11.6. The largest absolute Gasteiger partial charge is 0.0654 e. The molecule has 0 aliphatic rings. The van der Waals surface area contributed by atoms with E-state index in [1.165, 1.54) is 64.2 Å². The van der Waals surface area contributed by atoms with Crippen LogP contribution in [0.5, 0.6) is 0 Å². The molecule has 0 amide bonds. The van der Waals surface area contributed by atoms with Gasteiger partial charge in [-0.2, -0.15) is 0 Å². The van der Waals surface area contributed by atoms with Crippen LogP contribution in [0, 0.1) is 0 Å². The Bertz CT molecular complexity index is 155. The topological polar surface area (TPSA) is 0 Å². The Morgan fingerprint density at radius 1 is 0.421 bits per heavy atom. The first-order valence-electron chi connectivity index (χ1n) is 9.24. The van der Waals surface area contributed by atoms with Gasteiger partial charge in [-0.3, -0.25) is 0 Å². The molecule has 0 aromatic rings. The number of unbranched alkanes of at least 4 members (excludes halogenated alkanes) is 6. The maximum Gasteiger partial charge on any atom is 0.0535 e. The molecule has 1 heteroatoms. The lowest BCUT2D eigenvalue weighted by Gasteiger charge is -2.32. The molecular weight excluding hydrogens is 244 g/mol. The lowest BCUT2D eigenvalue weighted by Crippen LogP contribution is -2.33. The summed E-state index contributed by atoms with van der Waals surface area (Å²) in [6.07, 6.45) is 14.6. The van der Waals surface area contributed by atoms with E-state index in [9.17, 15) is 0 Å². The Hall–Kier alpha value is 0.217. The monoisotopic (exact) mass is 284 g/mol. The zero-order chi connectivity index (χ0) is 14.4. The van der Waals surface area contributed by atoms with Crippen molar-refractivity contribution in [3.8, 4) is 0 Å². The van der Waals surface area contributed by atoms with Crippen LogP contribution in [0.25, 0.3) is 0 Å². The van der Waals surface area contributed by atoms with Gasteiger partial charge in [-0.15, -0.1) is 0 Å². The third kappa shape index (κ3) is 9.71. The van der Waals surface area contributed by atoms with E-state index in [2.05, 4.69) is 27.7 Å². The maximum atomic E-state index is 2.37. The van der Waals surface area contributed by atoms with Crippen LogP contribution < -0.4 is 0 Å². The highest BCUT2D eigenvalue weighted by molar-refractivity contribution is 6.79. The molecule has 0 heterocycles. The van der Waals surface area contributed by atoms with Gasteiger partial charge in [0, 0.05) is 0 Å². The van der Waals surface area contributed by atoms with E-state index in [-0.39, 0.29) is 0 Å². The van der Waals surface area contributed by atoms with E-state index in [1.807, 2.05) is 0 Å². The molecule has 0 aromatic heterocycles. The molecule has 0 saturated carbocycles. The minimum Gasteiger partial charge on any atom is -0.0654 e. The van der Waals surface area contributed by atoms with Gasteiger partial charge in [0.15, 0.2) is 0 Å². The van der Waals surface area contributed by atoms with Crippen LogP contribution in [0.4, 0.5) is 0 Å². The van der Waals surface area contributed by atoms with Crippen LogP contribution in [0.15, 0.2) is 0 Å². The molecule has 0 unspecified atom stereocenters. The summed E-state index contributed by atoms with van der Waals surface area (Å²) in [5.74, 6) is 0. The molecule has 0 radical (unpaired) electrons. The van der Waals surface area contributed by atoms with Gasteiger partial charge >= 0.3 is 0 Å². The molecule has 0 bridgehead atoms. The second kappa shape index (κ2) is 13.2. The highest BCUT2D eigenvalue weighted by Gasteiger charge is 2.29. The Kier molecular flexibility index (Phi) is 13.4. The minimum atomic E-state index is -0.908. The Morgan fingerprint density at radius 3 is 1.16 bits per heavy atom. The third-order valence-electron chi connectivity index (χ3n) is 4.74. The molecule has 116 valence electrons. The van der Waals surface area contributed by atoms with Crippen molar-refractivity contribution in [3.63, 3.8) is 0 Å². The molecule has 0 rings (SSSR count). The molecule has 0 fully saturated rings. The summed E-state index contributed by atoms with van der Waals surface area (Å²) in [5.41, 5.74) is 0. The van der Waals surface area contributed by atoms with Crippen molar-refractivity contribution in [2.24, 2.45) is 0 Å². The van der Waals surface area contributed by atoms with Gasteiger partial charge in [0.2, 0.25) is 0 Å². The quantitative estimate of drug-likeness (QED) is 0.230. The Morgan fingerprint density at radius 2 is 0.789 bits per heavy atom. The van der Waals surface area contributed by atoms with Crippen LogP contribution in [0.1, 0.15) is 91.9 Å².